The number of likely N-dealkylation sites (tertiary alicyclic amines) is 1. The van der Waals surface area contributed by atoms with Gasteiger partial charge in [-0.25, -0.2) is 4.39 Å². The minimum absolute atomic E-state index is 0.260. The van der Waals surface area contributed by atoms with Crippen LogP contribution >= 0.6 is 0 Å². The molecular formula is C24H24FN3O2. The first-order valence-electron chi connectivity index (χ1n) is 10.0. The van der Waals surface area contributed by atoms with Crippen LogP contribution < -0.4 is 10.5 Å². The topological polar surface area (TPSA) is 68.5 Å². The Hall–Kier alpha value is -3.25. The van der Waals surface area contributed by atoms with Crippen molar-refractivity contribution in [3.05, 3.63) is 95.6 Å². The van der Waals surface area contributed by atoms with E-state index >= 15 is 0 Å². The number of benzene rings is 2. The van der Waals surface area contributed by atoms with E-state index in [1.807, 2.05) is 48.5 Å². The van der Waals surface area contributed by atoms with Crippen molar-refractivity contribution in [3.63, 3.8) is 0 Å². The van der Waals surface area contributed by atoms with Crippen LogP contribution in [0, 0.1) is 5.82 Å². The maximum atomic E-state index is 13.5. The third kappa shape index (κ3) is 3.91. The van der Waals surface area contributed by atoms with Crippen LogP contribution in [-0.4, -0.2) is 22.3 Å². The molecule has 30 heavy (non-hydrogen) atoms. The van der Waals surface area contributed by atoms with Gasteiger partial charge in [-0.1, -0.05) is 36.4 Å². The van der Waals surface area contributed by atoms with Crippen LogP contribution in [0.15, 0.2) is 72.9 Å². The Bertz CT molecular complexity index is 1030. The fourth-order valence-electron chi connectivity index (χ4n) is 4.16. The average molecular weight is 405 g/mol. The summed E-state index contributed by atoms with van der Waals surface area (Å²) < 4.78 is 19.5. The molecule has 5 nitrogen and oxygen atoms in total. The Balaban J connectivity index is 1.58. The quantitative estimate of drug-likeness (QED) is 0.650. The van der Waals surface area contributed by atoms with E-state index in [1.54, 1.807) is 12.3 Å². The molecule has 0 saturated carbocycles. The number of aromatic nitrogens is 1. The fraction of sp³-hybridized carbons (Fsp3) is 0.250. The van der Waals surface area contributed by atoms with Gasteiger partial charge < -0.3 is 10.5 Å². The molecule has 1 fully saturated rings. The molecule has 1 saturated heterocycles. The summed E-state index contributed by atoms with van der Waals surface area (Å²) in [5, 5.41) is 0. The van der Waals surface area contributed by atoms with Crippen LogP contribution in [-0.2, 0) is 23.5 Å². The number of rotatable bonds is 7. The van der Waals surface area contributed by atoms with Gasteiger partial charge in [0.2, 0.25) is 5.91 Å². The number of nitrogens with two attached hydrogens (primary N) is 1. The van der Waals surface area contributed by atoms with E-state index in [-0.39, 0.29) is 12.4 Å². The highest BCUT2D eigenvalue weighted by Crippen LogP contribution is 2.39. The van der Waals surface area contributed by atoms with Gasteiger partial charge in [-0.3, -0.25) is 14.7 Å². The second-order valence-corrected chi connectivity index (χ2v) is 7.49. The van der Waals surface area contributed by atoms with Gasteiger partial charge in [-0.15, -0.1) is 0 Å². The third-order valence-electron chi connectivity index (χ3n) is 5.62. The van der Waals surface area contributed by atoms with Crippen molar-refractivity contribution in [2.75, 3.05) is 6.54 Å². The molecule has 2 N–H and O–H groups in total. The first-order valence-corrected chi connectivity index (χ1v) is 10.0. The van der Waals surface area contributed by atoms with Gasteiger partial charge in [-0.2, -0.15) is 0 Å². The van der Waals surface area contributed by atoms with E-state index < -0.39 is 11.4 Å². The summed E-state index contributed by atoms with van der Waals surface area (Å²) in [6.07, 6.45) is 3.17. The van der Waals surface area contributed by atoms with Crippen molar-refractivity contribution in [1.82, 2.24) is 9.88 Å². The number of primary amides is 1. The second kappa shape index (κ2) is 8.63. The number of carbonyl (C=O) groups is 1. The molecule has 0 spiro atoms. The van der Waals surface area contributed by atoms with E-state index in [1.165, 1.54) is 12.1 Å². The van der Waals surface area contributed by atoms with Crippen molar-refractivity contribution in [1.29, 1.82) is 0 Å². The number of ether oxygens (including phenoxy) is 1. The summed E-state index contributed by atoms with van der Waals surface area (Å²) in [7, 11) is 0. The first kappa shape index (κ1) is 20.0. The van der Waals surface area contributed by atoms with Crippen molar-refractivity contribution in [2.24, 2.45) is 5.73 Å². The van der Waals surface area contributed by atoms with Gasteiger partial charge in [0.25, 0.3) is 0 Å². The van der Waals surface area contributed by atoms with Gasteiger partial charge in [0.05, 0.1) is 5.69 Å². The maximum Gasteiger partial charge on any atom is 0.244 e. The molecule has 1 atom stereocenters. The summed E-state index contributed by atoms with van der Waals surface area (Å²) >= 11 is 0. The number of nitrogens with zero attached hydrogens (tertiary/aromatic N) is 2. The van der Waals surface area contributed by atoms with Crippen LogP contribution in [0.3, 0.4) is 0 Å². The molecule has 1 aliphatic rings. The maximum absolute atomic E-state index is 13.5. The van der Waals surface area contributed by atoms with E-state index in [0.29, 0.717) is 24.4 Å². The van der Waals surface area contributed by atoms with Gasteiger partial charge >= 0.3 is 0 Å². The number of halogens is 1. The van der Waals surface area contributed by atoms with Gasteiger partial charge in [0.1, 0.15) is 23.7 Å². The highest BCUT2D eigenvalue weighted by molar-refractivity contribution is 5.86. The molecule has 0 bridgehead atoms. The van der Waals surface area contributed by atoms with Crippen LogP contribution in [0.5, 0.6) is 5.75 Å². The summed E-state index contributed by atoms with van der Waals surface area (Å²) in [6.45, 7) is 1.49. The zero-order valence-corrected chi connectivity index (χ0v) is 16.6. The monoisotopic (exact) mass is 405 g/mol. The fourth-order valence-corrected chi connectivity index (χ4v) is 4.16. The standard InChI is InChI=1S/C24H24FN3O2/c25-20-9-5-7-18(15-20)17-30-21-10-2-1-8-19(21)16-28-14-6-12-24(28,23(26)29)22-11-3-4-13-27-22/h1-5,7-11,13,15H,6,12,14,16-17H2,(H2,26,29)/t24-/m0/s1. The number of carbonyl (C=O) groups excluding carboxylic acids is 1. The lowest BCUT2D eigenvalue weighted by molar-refractivity contribution is -0.129. The Morgan fingerprint density at radius 1 is 1.13 bits per heavy atom. The lowest BCUT2D eigenvalue weighted by Gasteiger charge is -2.35. The van der Waals surface area contributed by atoms with Crippen LogP contribution in [0.4, 0.5) is 4.39 Å². The predicted octanol–water partition coefficient (Wildman–Crippen LogP) is 3.78. The Morgan fingerprint density at radius 2 is 1.97 bits per heavy atom. The molecule has 1 aromatic heterocycles. The van der Waals surface area contributed by atoms with E-state index in [2.05, 4.69) is 9.88 Å². The zero-order valence-electron chi connectivity index (χ0n) is 16.6. The van der Waals surface area contributed by atoms with Crippen LogP contribution in [0.2, 0.25) is 0 Å². The minimum Gasteiger partial charge on any atom is -0.489 e. The summed E-state index contributed by atoms with van der Waals surface area (Å²) in [5.74, 6) is 0.0213. The molecule has 2 aromatic carbocycles. The van der Waals surface area contributed by atoms with E-state index in [9.17, 15) is 9.18 Å². The molecular weight excluding hydrogens is 381 g/mol. The Kier molecular flexibility index (Phi) is 5.77. The van der Waals surface area contributed by atoms with Crippen molar-refractivity contribution < 1.29 is 13.9 Å². The molecule has 154 valence electrons. The lowest BCUT2D eigenvalue weighted by atomic mass is 9.90. The zero-order chi connectivity index (χ0) is 21.0. The Labute approximate surface area is 175 Å². The largest absolute Gasteiger partial charge is 0.489 e. The third-order valence-corrected chi connectivity index (χ3v) is 5.62. The molecule has 3 aromatic rings. The summed E-state index contributed by atoms with van der Waals surface area (Å²) in [6, 6.07) is 19.6. The highest BCUT2D eigenvalue weighted by Gasteiger charge is 2.48. The van der Waals surface area contributed by atoms with Gasteiger partial charge in [-0.05, 0) is 55.3 Å². The summed E-state index contributed by atoms with van der Waals surface area (Å²) in [4.78, 5) is 19.2. The van der Waals surface area contributed by atoms with Crippen molar-refractivity contribution in [2.45, 2.75) is 31.5 Å². The average Bonchev–Trinajstić information content (AvgIpc) is 3.18. The number of para-hydroxylation sites is 1. The van der Waals surface area contributed by atoms with E-state index in [0.717, 1.165) is 24.1 Å². The number of hydrogen-bond acceptors (Lipinski definition) is 4. The van der Waals surface area contributed by atoms with Crippen LogP contribution in [0.25, 0.3) is 0 Å². The SMILES string of the molecule is NC(=O)[C@@]1(c2ccccn2)CCCN1Cc1ccccc1OCc1cccc(F)c1. The Morgan fingerprint density at radius 3 is 2.73 bits per heavy atom. The molecule has 1 amide bonds. The van der Waals surface area contributed by atoms with Crippen molar-refractivity contribution >= 4 is 5.91 Å². The molecule has 0 unspecified atom stereocenters. The first-order chi connectivity index (χ1) is 14.6. The van der Waals surface area contributed by atoms with Crippen molar-refractivity contribution in [3.8, 4) is 5.75 Å². The van der Waals surface area contributed by atoms with Crippen LogP contribution in [0.1, 0.15) is 29.7 Å². The normalized spacial score (nSPS) is 19.0. The molecule has 0 aliphatic carbocycles. The number of amides is 1. The molecule has 6 heteroatoms. The number of pyridine rings is 1. The summed E-state index contributed by atoms with van der Waals surface area (Å²) in [5.41, 5.74) is 7.35. The van der Waals surface area contributed by atoms with Gasteiger partial charge in [0.15, 0.2) is 0 Å². The molecule has 4 rings (SSSR count). The predicted molar refractivity (Wildman–Crippen MR) is 112 cm³/mol. The van der Waals surface area contributed by atoms with E-state index in [4.69, 9.17) is 10.5 Å². The highest BCUT2D eigenvalue weighted by atomic mass is 19.1. The molecule has 1 aliphatic heterocycles. The molecule has 0 radical (unpaired) electrons. The minimum atomic E-state index is -0.934. The molecule has 2 heterocycles. The number of hydrogen-bond donors (Lipinski definition) is 1. The second-order valence-electron chi connectivity index (χ2n) is 7.49. The van der Waals surface area contributed by atoms with Gasteiger partial charge in [0, 0.05) is 18.3 Å². The smallest absolute Gasteiger partial charge is 0.244 e. The lowest BCUT2D eigenvalue weighted by Crippen LogP contribution is -2.51.